The second-order valence-electron chi connectivity index (χ2n) is 6.92. The number of alkyl halides is 1. The number of halogens is 1. The second-order valence-corrected chi connectivity index (χ2v) is 6.92. The van der Waals surface area contributed by atoms with E-state index in [4.69, 9.17) is 5.10 Å². The smallest absolute Gasteiger partial charge is 0.0923 e. The van der Waals surface area contributed by atoms with Gasteiger partial charge in [0.05, 0.1) is 29.9 Å². The van der Waals surface area contributed by atoms with Gasteiger partial charge in [0.1, 0.15) is 0 Å². The van der Waals surface area contributed by atoms with Crippen LogP contribution in [-0.4, -0.2) is 29.5 Å². The molecule has 1 aromatic carbocycles. The van der Waals surface area contributed by atoms with Crippen LogP contribution >= 0.6 is 0 Å². The normalized spacial score (nSPS) is 16.3. The molecule has 0 atom stereocenters. The highest BCUT2D eigenvalue weighted by molar-refractivity contribution is 5.53. The van der Waals surface area contributed by atoms with E-state index in [1.54, 1.807) is 0 Å². The highest BCUT2D eigenvalue weighted by Crippen LogP contribution is 2.31. The Bertz CT molecular complexity index is 654. The third kappa shape index (κ3) is 3.41. The maximum absolute atomic E-state index is 12.8. The van der Waals surface area contributed by atoms with E-state index in [1.807, 2.05) is 4.68 Å². The van der Waals surface area contributed by atoms with E-state index < -0.39 is 0 Å². The van der Waals surface area contributed by atoms with Gasteiger partial charge in [-0.3, -0.25) is 4.39 Å². The number of hydrogen-bond acceptors (Lipinski definition) is 2. The van der Waals surface area contributed by atoms with Crippen LogP contribution in [0.5, 0.6) is 0 Å². The van der Waals surface area contributed by atoms with Gasteiger partial charge in [-0.25, -0.2) is 4.68 Å². The molecule has 1 saturated heterocycles. The molecule has 0 aliphatic carbocycles. The predicted octanol–water partition coefficient (Wildman–Crippen LogP) is 4.49. The molecule has 23 heavy (non-hydrogen) atoms. The summed E-state index contributed by atoms with van der Waals surface area (Å²) in [5, 5.41) is 4.84. The van der Waals surface area contributed by atoms with E-state index in [2.05, 4.69) is 56.1 Å². The van der Waals surface area contributed by atoms with Crippen molar-refractivity contribution in [3.05, 3.63) is 41.7 Å². The van der Waals surface area contributed by atoms with Crippen molar-refractivity contribution in [3.63, 3.8) is 0 Å². The van der Waals surface area contributed by atoms with Crippen LogP contribution in [0.15, 0.2) is 30.5 Å². The lowest BCUT2D eigenvalue weighted by atomic mass is 9.97. The minimum atomic E-state index is -0.187. The number of benzene rings is 1. The van der Waals surface area contributed by atoms with Crippen molar-refractivity contribution in [1.29, 1.82) is 0 Å². The Morgan fingerprint density at radius 1 is 1.26 bits per heavy atom. The molecule has 3 nitrogen and oxygen atoms in total. The van der Waals surface area contributed by atoms with Crippen molar-refractivity contribution in [1.82, 2.24) is 9.78 Å². The second kappa shape index (κ2) is 6.73. The van der Waals surface area contributed by atoms with Gasteiger partial charge in [-0.1, -0.05) is 26.0 Å². The van der Waals surface area contributed by atoms with Crippen molar-refractivity contribution in [3.8, 4) is 5.69 Å². The lowest BCUT2D eigenvalue weighted by Crippen LogP contribution is -2.34. The average Bonchev–Trinajstić information content (AvgIpc) is 3.00. The first-order valence-corrected chi connectivity index (χ1v) is 8.56. The zero-order valence-corrected chi connectivity index (χ0v) is 14.3. The molecule has 0 spiro atoms. The number of hydrogen-bond donors (Lipinski definition) is 0. The van der Waals surface area contributed by atoms with Gasteiger partial charge in [0.15, 0.2) is 0 Å². The van der Waals surface area contributed by atoms with Crippen molar-refractivity contribution in [2.75, 3.05) is 24.7 Å². The summed E-state index contributed by atoms with van der Waals surface area (Å²) in [6.45, 7) is 8.12. The maximum Gasteiger partial charge on any atom is 0.0923 e. The number of piperidine rings is 1. The number of anilines is 1. The molecule has 1 aromatic heterocycles. The molecule has 2 heterocycles. The highest BCUT2D eigenvalue weighted by atomic mass is 19.1. The SMILES string of the molecule is Cc1cccc(-n2cc(N3CCC(CF)CC3)c(C(C)C)n2)c1. The standard InChI is InChI=1S/C19H26FN3/c1-14(2)19-18(22-9-7-16(12-20)8-10-22)13-23(21-19)17-6-4-5-15(3)11-17/h4-6,11,13-14,16H,7-10,12H2,1-3H3. The zero-order valence-electron chi connectivity index (χ0n) is 14.3. The third-order valence-corrected chi connectivity index (χ3v) is 4.71. The van der Waals surface area contributed by atoms with Crippen LogP contribution < -0.4 is 4.90 Å². The van der Waals surface area contributed by atoms with Crippen LogP contribution in [0.25, 0.3) is 5.69 Å². The molecule has 2 aromatic rings. The van der Waals surface area contributed by atoms with Crippen molar-refractivity contribution < 1.29 is 4.39 Å². The summed E-state index contributed by atoms with van der Waals surface area (Å²) in [6.07, 6.45) is 4.01. The molecule has 3 rings (SSSR count). The maximum atomic E-state index is 12.8. The molecule has 0 saturated carbocycles. The molecule has 4 heteroatoms. The molecule has 0 radical (unpaired) electrons. The van der Waals surface area contributed by atoms with Gasteiger partial charge in [0, 0.05) is 13.1 Å². The van der Waals surface area contributed by atoms with Crippen LogP contribution in [0.2, 0.25) is 0 Å². The third-order valence-electron chi connectivity index (χ3n) is 4.71. The Kier molecular flexibility index (Phi) is 4.69. The van der Waals surface area contributed by atoms with Gasteiger partial charge in [-0.05, 0) is 49.3 Å². The predicted molar refractivity (Wildman–Crippen MR) is 93.3 cm³/mol. The van der Waals surface area contributed by atoms with E-state index in [1.165, 1.54) is 11.3 Å². The number of aromatic nitrogens is 2. The quantitative estimate of drug-likeness (QED) is 0.829. The number of aryl methyl sites for hydroxylation is 1. The first-order valence-electron chi connectivity index (χ1n) is 8.56. The largest absolute Gasteiger partial charge is 0.369 e. The van der Waals surface area contributed by atoms with Crippen LogP contribution in [-0.2, 0) is 0 Å². The molecular weight excluding hydrogens is 289 g/mol. The molecule has 0 N–H and O–H groups in total. The van der Waals surface area contributed by atoms with Gasteiger partial charge < -0.3 is 4.90 Å². The van der Waals surface area contributed by atoms with Gasteiger partial charge in [0.2, 0.25) is 0 Å². The monoisotopic (exact) mass is 315 g/mol. The molecule has 1 aliphatic heterocycles. The van der Waals surface area contributed by atoms with E-state index in [-0.39, 0.29) is 12.6 Å². The summed E-state index contributed by atoms with van der Waals surface area (Å²) in [6, 6.07) is 8.40. The number of rotatable bonds is 4. The van der Waals surface area contributed by atoms with Crippen LogP contribution in [0.3, 0.4) is 0 Å². The first-order chi connectivity index (χ1) is 11.1. The van der Waals surface area contributed by atoms with E-state index in [0.29, 0.717) is 5.92 Å². The fraction of sp³-hybridized carbons (Fsp3) is 0.526. The zero-order chi connectivity index (χ0) is 16.4. The summed E-state index contributed by atoms with van der Waals surface area (Å²) in [5.74, 6) is 0.607. The molecule has 0 bridgehead atoms. The molecule has 124 valence electrons. The fourth-order valence-electron chi connectivity index (χ4n) is 3.26. The lowest BCUT2D eigenvalue weighted by Gasteiger charge is -2.32. The fourth-order valence-corrected chi connectivity index (χ4v) is 3.26. The van der Waals surface area contributed by atoms with E-state index in [9.17, 15) is 4.39 Å². The summed E-state index contributed by atoms with van der Waals surface area (Å²) in [5.41, 5.74) is 4.66. The Balaban J connectivity index is 1.91. The summed E-state index contributed by atoms with van der Waals surface area (Å²) < 4.78 is 14.8. The van der Waals surface area contributed by atoms with Crippen molar-refractivity contribution in [2.45, 2.75) is 39.5 Å². The first kappa shape index (κ1) is 16.0. The molecule has 0 amide bonds. The highest BCUT2D eigenvalue weighted by Gasteiger charge is 2.24. The Labute approximate surface area is 138 Å². The van der Waals surface area contributed by atoms with Gasteiger partial charge in [-0.2, -0.15) is 5.10 Å². The van der Waals surface area contributed by atoms with Crippen LogP contribution in [0, 0.1) is 12.8 Å². The Morgan fingerprint density at radius 3 is 2.61 bits per heavy atom. The molecule has 0 unspecified atom stereocenters. The molecular formula is C19H26FN3. The average molecular weight is 315 g/mol. The van der Waals surface area contributed by atoms with Gasteiger partial charge in [-0.15, -0.1) is 0 Å². The number of nitrogens with zero attached hydrogens (tertiary/aromatic N) is 3. The van der Waals surface area contributed by atoms with Gasteiger partial charge in [0.25, 0.3) is 0 Å². The topological polar surface area (TPSA) is 21.1 Å². The van der Waals surface area contributed by atoms with Crippen LogP contribution in [0.4, 0.5) is 10.1 Å². The van der Waals surface area contributed by atoms with E-state index >= 15 is 0 Å². The molecule has 1 fully saturated rings. The lowest BCUT2D eigenvalue weighted by molar-refractivity contribution is 0.307. The minimum Gasteiger partial charge on any atom is -0.369 e. The summed E-state index contributed by atoms with van der Waals surface area (Å²) >= 11 is 0. The molecule has 1 aliphatic rings. The van der Waals surface area contributed by atoms with Gasteiger partial charge >= 0.3 is 0 Å². The summed E-state index contributed by atoms with van der Waals surface area (Å²) in [4.78, 5) is 2.38. The minimum absolute atomic E-state index is 0.187. The van der Waals surface area contributed by atoms with Crippen molar-refractivity contribution >= 4 is 5.69 Å². The Morgan fingerprint density at radius 2 is 2.00 bits per heavy atom. The van der Waals surface area contributed by atoms with E-state index in [0.717, 1.165) is 37.3 Å². The van der Waals surface area contributed by atoms with Crippen molar-refractivity contribution in [2.24, 2.45) is 5.92 Å². The Hall–Kier alpha value is -1.84. The summed E-state index contributed by atoms with van der Waals surface area (Å²) in [7, 11) is 0. The van der Waals surface area contributed by atoms with Crippen LogP contribution in [0.1, 0.15) is 43.9 Å².